The van der Waals surface area contributed by atoms with Gasteiger partial charge in [-0.15, -0.1) is 0 Å². The van der Waals surface area contributed by atoms with Crippen molar-refractivity contribution in [3.63, 3.8) is 0 Å². The second-order valence-electron chi connectivity index (χ2n) is 6.22. The minimum absolute atomic E-state index is 0.470. The van der Waals surface area contributed by atoms with Crippen LogP contribution in [0.5, 0.6) is 0 Å². The molecule has 3 heteroatoms. The van der Waals surface area contributed by atoms with Crippen molar-refractivity contribution in [2.45, 2.75) is 32.7 Å². The topological polar surface area (TPSA) is 24.5 Å². The van der Waals surface area contributed by atoms with Crippen molar-refractivity contribution in [1.82, 2.24) is 10.2 Å². The minimum Gasteiger partial charge on any atom is -0.384 e. The van der Waals surface area contributed by atoms with E-state index in [1.54, 1.807) is 7.11 Å². The Morgan fingerprint density at radius 3 is 2.76 bits per heavy atom. The molecule has 0 aromatic heterocycles. The lowest BCUT2D eigenvalue weighted by atomic mass is 10.0. The molecule has 118 valence electrons. The Morgan fingerprint density at radius 2 is 2.10 bits per heavy atom. The molecule has 1 aliphatic heterocycles. The number of nitrogens with zero attached hydrogens (tertiary/aromatic N) is 1. The fourth-order valence-electron chi connectivity index (χ4n) is 3.23. The van der Waals surface area contributed by atoms with Gasteiger partial charge in [0, 0.05) is 19.7 Å². The fraction of sp³-hybridized carbons (Fsp3) is 0.667. The molecule has 21 heavy (non-hydrogen) atoms. The number of likely N-dealkylation sites (tertiary alicyclic amines) is 1. The zero-order chi connectivity index (χ0) is 15.1. The molecule has 1 heterocycles. The van der Waals surface area contributed by atoms with Gasteiger partial charge in [0.05, 0.1) is 6.61 Å². The number of rotatable bonds is 8. The van der Waals surface area contributed by atoms with Crippen molar-refractivity contribution in [1.29, 1.82) is 0 Å². The number of hydrogen-bond acceptors (Lipinski definition) is 3. The maximum Gasteiger partial charge on any atom is 0.0503 e. The van der Waals surface area contributed by atoms with Crippen LogP contribution in [0, 0.1) is 12.8 Å². The molecule has 1 fully saturated rings. The van der Waals surface area contributed by atoms with Gasteiger partial charge in [0.15, 0.2) is 0 Å². The summed E-state index contributed by atoms with van der Waals surface area (Å²) in [5.41, 5.74) is 2.74. The molecule has 0 radical (unpaired) electrons. The quantitative estimate of drug-likeness (QED) is 0.796. The van der Waals surface area contributed by atoms with E-state index in [2.05, 4.69) is 48.3 Å². The molecule has 3 nitrogen and oxygen atoms in total. The lowest BCUT2D eigenvalue weighted by molar-refractivity contribution is 0.152. The van der Waals surface area contributed by atoms with E-state index in [0.29, 0.717) is 6.04 Å². The molecule has 0 aliphatic carbocycles. The lowest BCUT2D eigenvalue weighted by Crippen LogP contribution is -2.28. The van der Waals surface area contributed by atoms with E-state index in [1.807, 2.05) is 0 Å². The van der Waals surface area contributed by atoms with E-state index in [9.17, 15) is 0 Å². The summed E-state index contributed by atoms with van der Waals surface area (Å²) in [4.78, 5) is 2.59. The van der Waals surface area contributed by atoms with Gasteiger partial charge in [-0.25, -0.2) is 0 Å². The molecule has 1 N–H and O–H groups in total. The zero-order valence-corrected chi connectivity index (χ0v) is 13.8. The summed E-state index contributed by atoms with van der Waals surface area (Å²) in [6.45, 7) is 9.85. The summed E-state index contributed by atoms with van der Waals surface area (Å²) >= 11 is 0. The Labute approximate surface area is 129 Å². The molecule has 0 bridgehead atoms. The summed E-state index contributed by atoms with van der Waals surface area (Å²) < 4.78 is 5.28. The number of hydrogen-bond donors (Lipinski definition) is 1. The van der Waals surface area contributed by atoms with Crippen LogP contribution in [0.25, 0.3) is 0 Å². The molecule has 0 amide bonds. The Bertz CT molecular complexity index is 404. The molecular weight excluding hydrogens is 260 g/mol. The molecule has 2 unspecified atom stereocenters. The summed E-state index contributed by atoms with van der Waals surface area (Å²) in [6.07, 6.45) is 2.46. The maximum atomic E-state index is 5.28. The first-order valence-corrected chi connectivity index (χ1v) is 8.24. The predicted molar refractivity (Wildman–Crippen MR) is 88.6 cm³/mol. The Hall–Kier alpha value is -0.900. The lowest BCUT2D eigenvalue weighted by Gasteiger charge is -2.22. The number of methoxy groups -OCH3 is 1. The summed E-state index contributed by atoms with van der Waals surface area (Å²) in [6, 6.07) is 9.42. The molecule has 2 rings (SSSR count). The van der Waals surface area contributed by atoms with E-state index in [-0.39, 0.29) is 0 Å². The highest BCUT2D eigenvalue weighted by molar-refractivity contribution is 5.24. The third kappa shape index (κ3) is 5.10. The molecule has 1 aromatic carbocycles. The van der Waals surface area contributed by atoms with Crippen molar-refractivity contribution in [3.05, 3.63) is 35.4 Å². The molecule has 1 aliphatic rings. The highest BCUT2D eigenvalue weighted by Crippen LogP contribution is 2.21. The van der Waals surface area contributed by atoms with Crippen LogP contribution in [0.15, 0.2) is 24.3 Å². The maximum absolute atomic E-state index is 5.28. The first-order valence-electron chi connectivity index (χ1n) is 8.24. The van der Waals surface area contributed by atoms with Gasteiger partial charge in [0.2, 0.25) is 0 Å². The second-order valence-corrected chi connectivity index (χ2v) is 6.22. The van der Waals surface area contributed by atoms with Crippen molar-refractivity contribution < 1.29 is 4.74 Å². The van der Waals surface area contributed by atoms with E-state index >= 15 is 0 Å². The highest BCUT2D eigenvalue weighted by atomic mass is 16.5. The van der Waals surface area contributed by atoms with Crippen LogP contribution in [0.4, 0.5) is 0 Å². The molecule has 0 spiro atoms. The van der Waals surface area contributed by atoms with Gasteiger partial charge < -0.3 is 15.0 Å². The Morgan fingerprint density at radius 1 is 1.33 bits per heavy atom. The monoisotopic (exact) mass is 290 g/mol. The highest BCUT2D eigenvalue weighted by Gasteiger charge is 2.22. The molecule has 2 atom stereocenters. The van der Waals surface area contributed by atoms with Crippen LogP contribution in [-0.4, -0.2) is 44.8 Å². The molecular formula is C18H30N2O. The van der Waals surface area contributed by atoms with Gasteiger partial charge >= 0.3 is 0 Å². The van der Waals surface area contributed by atoms with Crippen LogP contribution in [0.3, 0.4) is 0 Å². The van der Waals surface area contributed by atoms with Crippen LogP contribution in [0.2, 0.25) is 0 Å². The molecule has 1 aromatic rings. The third-order valence-corrected chi connectivity index (χ3v) is 4.44. The number of aryl methyl sites for hydroxylation is 1. The van der Waals surface area contributed by atoms with Crippen molar-refractivity contribution in [2.24, 2.45) is 5.92 Å². The van der Waals surface area contributed by atoms with Crippen molar-refractivity contribution in [3.8, 4) is 0 Å². The minimum atomic E-state index is 0.470. The third-order valence-electron chi connectivity index (χ3n) is 4.44. The Balaban J connectivity index is 1.84. The first kappa shape index (κ1) is 16.5. The average Bonchev–Trinajstić information content (AvgIpc) is 2.93. The zero-order valence-electron chi connectivity index (χ0n) is 13.8. The number of ether oxygens (including phenoxy) is 1. The van der Waals surface area contributed by atoms with Crippen molar-refractivity contribution >= 4 is 0 Å². The second kappa shape index (κ2) is 8.52. The van der Waals surface area contributed by atoms with Gasteiger partial charge in [0.25, 0.3) is 0 Å². The van der Waals surface area contributed by atoms with Crippen LogP contribution in [0.1, 0.15) is 36.9 Å². The molecule has 0 saturated carbocycles. The van der Waals surface area contributed by atoms with Crippen LogP contribution < -0.4 is 5.32 Å². The largest absolute Gasteiger partial charge is 0.384 e. The number of benzene rings is 1. The van der Waals surface area contributed by atoms with E-state index in [1.165, 1.54) is 43.6 Å². The van der Waals surface area contributed by atoms with E-state index in [4.69, 9.17) is 4.74 Å². The SMILES string of the molecule is CCNC(CCN1CCC(COC)C1)c1ccc(C)cc1. The summed E-state index contributed by atoms with van der Waals surface area (Å²) in [5, 5.41) is 3.63. The standard InChI is InChI=1S/C18H30N2O/c1-4-19-18(17-7-5-15(2)6-8-17)10-12-20-11-9-16(13-20)14-21-3/h5-8,16,18-19H,4,9-14H2,1-3H3. The van der Waals surface area contributed by atoms with Crippen LogP contribution >= 0.6 is 0 Å². The van der Waals surface area contributed by atoms with Gasteiger partial charge in [-0.2, -0.15) is 0 Å². The normalized spacial score (nSPS) is 20.8. The predicted octanol–water partition coefficient (Wildman–Crippen LogP) is 3.00. The van der Waals surface area contributed by atoms with Gasteiger partial charge in [-0.05, 0) is 50.9 Å². The van der Waals surface area contributed by atoms with E-state index in [0.717, 1.165) is 19.1 Å². The van der Waals surface area contributed by atoms with Crippen LogP contribution in [-0.2, 0) is 4.74 Å². The fourth-order valence-corrected chi connectivity index (χ4v) is 3.23. The average molecular weight is 290 g/mol. The van der Waals surface area contributed by atoms with Gasteiger partial charge in [-0.3, -0.25) is 0 Å². The van der Waals surface area contributed by atoms with Gasteiger partial charge in [0.1, 0.15) is 0 Å². The molecule has 1 saturated heterocycles. The summed E-state index contributed by atoms with van der Waals surface area (Å²) in [5.74, 6) is 0.729. The number of nitrogens with one attached hydrogen (secondary N) is 1. The Kier molecular flexibility index (Phi) is 6.68. The smallest absolute Gasteiger partial charge is 0.0503 e. The van der Waals surface area contributed by atoms with E-state index < -0.39 is 0 Å². The summed E-state index contributed by atoms with van der Waals surface area (Å²) in [7, 11) is 1.81. The van der Waals surface area contributed by atoms with Crippen molar-refractivity contribution in [2.75, 3.05) is 39.9 Å². The van der Waals surface area contributed by atoms with Gasteiger partial charge in [-0.1, -0.05) is 36.8 Å². The first-order chi connectivity index (χ1) is 10.2.